The van der Waals surface area contributed by atoms with Gasteiger partial charge in [0.25, 0.3) is 0 Å². The van der Waals surface area contributed by atoms with Crippen LogP contribution in [0.4, 0.5) is 8.78 Å². The first-order valence-electron chi connectivity index (χ1n) is 5.59. The van der Waals surface area contributed by atoms with Crippen LogP contribution < -0.4 is 0 Å². The van der Waals surface area contributed by atoms with E-state index in [1.807, 2.05) is 0 Å². The van der Waals surface area contributed by atoms with Crippen LogP contribution in [0, 0.1) is 11.6 Å². The molecule has 0 atom stereocenters. The Balaban J connectivity index is 2.20. The van der Waals surface area contributed by atoms with Crippen LogP contribution in [-0.4, -0.2) is 15.8 Å². The van der Waals surface area contributed by atoms with Crippen LogP contribution in [0.2, 0.25) is 0 Å². The summed E-state index contributed by atoms with van der Waals surface area (Å²) in [5.41, 5.74) is 0.155. The highest BCUT2D eigenvalue weighted by atomic mass is 19.1. The first-order valence-corrected chi connectivity index (χ1v) is 5.59. The van der Waals surface area contributed by atoms with E-state index in [2.05, 4.69) is 9.97 Å². The summed E-state index contributed by atoms with van der Waals surface area (Å²) in [7, 11) is 0. The Hall–Kier alpha value is -2.56. The molecule has 0 aliphatic carbocycles. The molecule has 3 nitrogen and oxygen atoms in total. The highest BCUT2D eigenvalue weighted by molar-refractivity contribution is 6.16. The molecule has 5 heteroatoms. The number of carbonyl (C=O) groups is 1. The number of nitrogens with zero attached hydrogens (tertiary/aromatic N) is 1. The van der Waals surface area contributed by atoms with Gasteiger partial charge in [-0.15, -0.1) is 0 Å². The fraction of sp³-hybridized carbons (Fsp3) is 0. The fourth-order valence-corrected chi connectivity index (χ4v) is 1.99. The van der Waals surface area contributed by atoms with Gasteiger partial charge in [0.2, 0.25) is 5.78 Å². The highest BCUT2D eigenvalue weighted by Crippen LogP contribution is 2.22. The first-order chi connectivity index (χ1) is 9.18. The molecule has 0 bridgehead atoms. The second kappa shape index (κ2) is 4.28. The lowest BCUT2D eigenvalue weighted by molar-refractivity contribution is 0.103. The Morgan fingerprint density at radius 3 is 2.58 bits per heavy atom. The van der Waals surface area contributed by atoms with Gasteiger partial charge in [-0.1, -0.05) is 6.07 Å². The van der Waals surface area contributed by atoms with E-state index in [1.165, 1.54) is 12.3 Å². The monoisotopic (exact) mass is 258 g/mol. The van der Waals surface area contributed by atoms with Crippen molar-refractivity contribution in [1.82, 2.24) is 9.97 Å². The summed E-state index contributed by atoms with van der Waals surface area (Å²) >= 11 is 0. The molecule has 3 aromatic rings. The van der Waals surface area contributed by atoms with Crippen molar-refractivity contribution in [3.8, 4) is 0 Å². The maximum atomic E-state index is 13.6. The summed E-state index contributed by atoms with van der Waals surface area (Å²) in [6.45, 7) is 0. The third-order valence-corrected chi connectivity index (χ3v) is 2.89. The highest BCUT2D eigenvalue weighted by Gasteiger charge is 2.21. The summed E-state index contributed by atoms with van der Waals surface area (Å²) in [5, 5.41) is 0.537. The van der Waals surface area contributed by atoms with Gasteiger partial charge in [-0.25, -0.2) is 13.8 Å². The number of H-pyrrole nitrogens is 1. The number of aromatic nitrogens is 2. The molecule has 0 aliphatic heterocycles. The number of benzene rings is 1. The number of nitrogens with one attached hydrogen (secondary N) is 1. The van der Waals surface area contributed by atoms with Gasteiger partial charge in [0.05, 0.1) is 5.56 Å². The standard InChI is InChI=1S/C14H8F2N2O/c15-10-4-1-5-11(16)12(10)13(19)9-7-18-14-8(9)3-2-6-17-14/h1-7H,(H,17,18). The Morgan fingerprint density at radius 2 is 1.84 bits per heavy atom. The van der Waals surface area contributed by atoms with E-state index in [1.54, 1.807) is 18.3 Å². The van der Waals surface area contributed by atoms with Crippen LogP contribution in [-0.2, 0) is 0 Å². The number of carbonyl (C=O) groups excluding carboxylic acids is 1. The molecular formula is C14H8F2N2O. The van der Waals surface area contributed by atoms with Crippen molar-refractivity contribution in [2.45, 2.75) is 0 Å². The Labute approximate surface area is 106 Å². The molecule has 0 amide bonds. The number of hydrogen-bond acceptors (Lipinski definition) is 2. The zero-order valence-electron chi connectivity index (χ0n) is 9.65. The van der Waals surface area contributed by atoms with E-state index >= 15 is 0 Å². The smallest absolute Gasteiger partial charge is 0.201 e. The predicted octanol–water partition coefficient (Wildman–Crippen LogP) is 3.07. The topological polar surface area (TPSA) is 45.8 Å². The summed E-state index contributed by atoms with van der Waals surface area (Å²) in [4.78, 5) is 19.1. The van der Waals surface area contributed by atoms with E-state index in [0.717, 1.165) is 12.1 Å². The normalized spacial score (nSPS) is 10.8. The molecule has 2 aromatic heterocycles. The van der Waals surface area contributed by atoms with Crippen molar-refractivity contribution in [3.63, 3.8) is 0 Å². The predicted molar refractivity (Wildman–Crippen MR) is 65.9 cm³/mol. The molecule has 0 saturated carbocycles. The van der Waals surface area contributed by atoms with Gasteiger partial charge in [-0.05, 0) is 24.3 Å². The minimum atomic E-state index is -0.872. The maximum Gasteiger partial charge on any atom is 0.201 e. The molecule has 1 aromatic carbocycles. The van der Waals surface area contributed by atoms with Gasteiger partial charge in [0.1, 0.15) is 17.3 Å². The van der Waals surface area contributed by atoms with Gasteiger partial charge in [0, 0.05) is 23.3 Å². The third kappa shape index (κ3) is 1.79. The van der Waals surface area contributed by atoms with Crippen LogP contribution in [0.3, 0.4) is 0 Å². The van der Waals surface area contributed by atoms with Crippen LogP contribution in [0.1, 0.15) is 15.9 Å². The molecule has 0 unspecified atom stereocenters. The van der Waals surface area contributed by atoms with Crippen molar-refractivity contribution in [1.29, 1.82) is 0 Å². The molecule has 0 radical (unpaired) electrons. The van der Waals surface area contributed by atoms with Gasteiger partial charge < -0.3 is 4.98 Å². The van der Waals surface area contributed by atoms with E-state index in [4.69, 9.17) is 0 Å². The van der Waals surface area contributed by atoms with E-state index < -0.39 is 23.0 Å². The zero-order valence-corrected chi connectivity index (χ0v) is 9.65. The number of pyridine rings is 1. The van der Waals surface area contributed by atoms with Crippen molar-refractivity contribution in [2.75, 3.05) is 0 Å². The van der Waals surface area contributed by atoms with E-state index in [9.17, 15) is 13.6 Å². The summed E-state index contributed by atoms with van der Waals surface area (Å²) in [5.74, 6) is -2.44. The molecule has 94 valence electrons. The van der Waals surface area contributed by atoms with Crippen molar-refractivity contribution < 1.29 is 13.6 Å². The van der Waals surface area contributed by atoms with Crippen molar-refractivity contribution >= 4 is 16.8 Å². The molecule has 3 rings (SSSR count). The summed E-state index contributed by atoms with van der Waals surface area (Å²) in [6.07, 6.45) is 2.97. The van der Waals surface area contributed by atoms with Crippen LogP contribution in [0.5, 0.6) is 0 Å². The van der Waals surface area contributed by atoms with E-state index in [0.29, 0.717) is 11.0 Å². The molecule has 0 saturated heterocycles. The number of fused-ring (bicyclic) bond motifs is 1. The quantitative estimate of drug-likeness (QED) is 0.718. The zero-order chi connectivity index (χ0) is 13.4. The average molecular weight is 258 g/mol. The van der Waals surface area contributed by atoms with Crippen molar-refractivity contribution in [3.05, 3.63) is 65.5 Å². The number of hydrogen-bond donors (Lipinski definition) is 1. The van der Waals surface area contributed by atoms with Gasteiger partial charge in [0.15, 0.2) is 0 Å². The van der Waals surface area contributed by atoms with Crippen LogP contribution >= 0.6 is 0 Å². The lowest BCUT2D eigenvalue weighted by Crippen LogP contribution is -2.06. The van der Waals surface area contributed by atoms with Gasteiger partial charge in [-0.3, -0.25) is 4.79 Å². The number of rotatable bonds is 2. The number of aromatic amines is 1. The number of halogens is 2. The molecule has 19 heavy (non-hydrogen) atoms. The largest absolute Gasteiger partial charge is 0.345 e. The van der Waals surface area contributed by atoms with Crippen LogP contribution in [0.25, 0.3) is 11.0 Å². The van der Waals surface area contributed by atoms with Crippen LogP contribution in [0.15, 0.2) is 42.7 Å². The third-order valence-electron chi connectivity index (χ3n) is 2.89. The Morgan fingerprint density at radius 1 is 1.11 bits per heavy atom. The SMILES string of the molecule is O=C(c1c(F)cccc1F)c1c[nH]c2ncccc12. The second-order valence-corrected chi connectivity index (χ2v) is 4.03. The van der Waals surface area contributed by atoms with Crippen molar-refractivity contribution in [2.24, 2.45) is 0 Å². The Kier molecular flexibility index (Phi) is 2.59. The fourth-order valence-electron chi connectivity index (χ4n) is 1.99. The molecule has 0 aliphatic rings. The molecule has 0 spiro atoms. The summed E-state index contributed by atoms with van der Waals surface area (Å²) < 4.78 is 27.2. The average Bonchev–Trinajstić information content (AvgIpc) is 2.82. The number of ketones is 1. The Bertz CT molecular complexity index is 760. The molecular weight excluding hydrogens is 250 g/mol. The lowest BCUT2D eigenvalue weighted by atomic mass is 10.0. The molecule has 1 N–H and O–H groups in total. The van der Waals surface area contributed by atoms with Gasteiger partial charge >= 0.3 is 0 Å². The molecule has 2 heterocycles. The first kappa shape index (κ1) is 11.5. The van der Waals surface area contributed by atoms with Gasteiger partial charge in [-0.2, -0.15) is 0 Å². The minimum Gasteiger partial charge on any atom is -0.345 e. The van der Waals surface area contributed by atoms with E-state index in [-0.39, 0.29) is 5.56 Å². The summed E-state index contributed by atoms with van der Waals surface area (Å²) in [6, 6.07) is 6.67. The maximum absolute atomic E-state index is 13.6. The molecule has 0 fully saturated rings. The lowest BCUT2D eigenvalue weighted by Gasteiger charge is -2.02. The minimum absolute atomic E-state index is 0.201. The second-order valence-electron chi connectivity index (χ2n) is 4.03.